The van der Waals surface area contributed by atoms with E-state index in [1.54, 1.807) is 6.26 Å². The number of rotatable bonds is 2. The molecule has 0 N–H and O–H groups in total. The number of furan rings is 1. The number of ether oxygens (including phenoxy) is 2. The number of para-hydroxylation sites is 1. The highest BCUT2D eigenvalue weighted by atomic mass is 16.7. The van der Waals surface area contributed by atoms with E-state index in [0.29, 0.717) is 25.3 Å². The zero-order valence-electron chi connectivity index (χ0n) is 13.3. The first-order chi connectivity index (χ1) is 11.2. The van der Waals surface area contributed by atoms with Crippen LogP contribution in [0.25, 0.3) is 11.0 Å². The quantitative estimate of drug-likeness (QED) is 0.855. The number of nitrogens with zero attached hydrogens (tertiary/aromatic N) is 1. The van der Waals surface area contributed by atoms with Gasteiger partial charge in [-0.05, 0) is 25.8 Å². The van der Waals surface area contributed by atoms with E-state index in [0.717, 1.165) is 30.4 Å². The van der Waals surface area contributed by atoms with Crippen LogP contribution in [0.4, 0.5) is 0 Å². The van der Waals surface area contributed by atoms with E-state index >= 15 is 0 Å². The molecule has 0 saturated carbocycles. The van der Waals surface area contributed by atoms with Gasteiger partial charge in [0.05, 0.1) is 18.8 Å². The van der Waals surface area contributed by atoms with E-state index in [1.165, 1.54) is 0 Å². The van der Waals surface area contributed by atoms with Crippen molar-refractivity contribution in [2.24, 2.45) is 5.92 Å². The van der Waals surface area contributed by atoms with Crippen LogP contribution in [-0.4, -0.2) is 42.9 Å². The SMILES string of the molecule is CC1([C@H]2CCCN(C(=O)c3coc4ccccc34)C2)OCCO1. The number of likely N-dealkylation sites (tertiary alicyclic amines) is 1. The molecule has 2 aliphatic heterocycles. The van der Waals surface area contributed by atoms with Gasteiger partial charge in [0.25, 0.3) is 5.91 Å². The summed E-state index contributed by atoms with van der Waals surface area (Å²) in [5.41, 5.74) is 1.39. The molecule has 0 unspecified atom stereocenters. The van der Waals surface area contributed by atoms with Crippen molar-refractivity contribution >= 4 is 16.9 Å². The Morgan fingerprint density at radius 3 is 2.87 bits per heavy atom. The summed E-state index contributed by atoms with van der Waals surface area (Å²) in [6.07, 6.45) is 3.56. The fourth-order valence-corrected chi connectivity index (χ4v) is 3.67. The fourth-order valence-electron chi connectivity index (χ4n) is 3.67. The van der Waals surface area contributed by atoms with Crippen molar-refractivity contribution in [2.75, 3.05) is 26.3 Å². The molecule has 1 amide bonds. The molecule has 0 spiro atoms. The molecule has 23 heavy (non-hydrogen) atoms. The van der Waals surface area contributed by atoms with Crippen LogP contribution >= 0.6 is 0 Å². The second-order valence-electron chi connectivity index (χ2n) is 6.45. The van der Waals surface area contributed by atoms with Gasteiger partial charge in [0.1, 0.15) is 11.8 Å². The summed E-state index contributed by atoms with van der Waals surface area (Å²) in [7, 11) is 0. The number of carbonyl (C=O) groups is 1. The van der Waals surface area contributed by atoms with Crippen LogP contribution in [0.15, 0.2) is 34.9 Å². The standard InChI is InChI=1S/C18H21NO4/c1-18(22-9-10-23-18)13-5-4-8-19(11-13)17(20)15-12-21-16-7-3-2-6-14(15)16/h2-3,6-7,12-13H,4-5,8-11H2,1H3/t13-/m0/s1. The molecule has 0 radical (unpaired) electrons. The lowest BCUT2D eigenvalue weighted by Gasteiger charge is -2.39. The van der Waals surface area contributed by atoms with E-state index in [9.17, 15) is 4.79 Å². The summed E-state index contributed by atoms with van der Waals surface area (Å²) in [4.78, 5) is 14.8. The third kappa shape index (κ3) is 2.54. The molecule has 0 bridgehead atoms. The molecule has 5 nitrogen and oxygen atoms in total. The van der Waals surface area contributed by atoms with E-state index < -0.39 is 5.79 Å². The van der Waals surface area contributed by atoms with Crippen molar-refractivity contribution in [1.29, 1.82) is 0 Å². The molecule has 1 aromatic carbocycles. The normalized spacial score (nSPS) is 24.2. The summed E-state index contributed by atoms with van der Waals surface area (Å²) in [6.45, 7) is 4.69. The summed E-state index contributed by atoms with van der Waals surface area (Å²) in [5.74, 6) is -0.320. The van der Waals surface area contributed by atoms with Crippen molar-refractivity contribution in [3.8, 4) is 0 Å². The highest BCUT2D eigenvalue weighted by molar-refractivity contribution is 6.05. The van der Waals surface area contributed by atoms with Crippen molar-refractivity contribution in [3.63, 3.8) is 0 Å². The zero-order chi connectivity index (χ0) is 15.9. The molecule has 2 saturated heterocycles. The zero-order valence-corrected chi connectivity index (χ0v) is 13.3. The van der Waals surface area contributed by atoms with Crippen LogP contribution in [0.1, 0.15) is 30.1 Å². The Balaban J connectivity index is 1.56. The number of piperidine rings is 1. The van der Waals surface area contributed by atoms with Crippen LogP contribution in [0.3, 0.4) is 0 Å². The second kappa shape index (κ2) is 5.65. The molecular formula is C18H21NO4. The van der Waals surface area contributed by atoms with Crippen LogP contribution in [0.2, 0.25) is 0 Å². The molecule has 1 aromatic heterocycles. The maximum Gasteiger partial charge on any atom is 0.257 e. The minimum atomic E-state index is -0.558. The minimum Gasteiger partial charge on any atom is -0.463 e. The van der Waals surface area contributed by atoms with Crippen LogP contribution in [0.5, 0.6) is 0 Å². The maximum absolute atomic E-state index is 12.9. The van der Waals surface area contributed by atoms with E-state index in [2.05, 4.69) is 0 Å². The molecule has 2 fully saturated rings. The molecule has 1 atom stereocenters. The van der Waals surface area contributed by atoms with Crippen LogP contribution < -0.4 is 0 Å². The van der Waals surface area contributed by atoms with Gasteiger partial charge in [0.15, 0.2) is 5.79 Å². The molecule has 2 aromatic rings. The lowest BCUT2D eigenvalue weighted by atomic mass is 9.90. The van der Waals surface area contributed by atoms with Crippen molar-refractivity contribution in [3.05, 3.63) is 36.1 Å². The summed E-state index contributed by atoms with van der Waals surface area (Å²) in [6, 6.07) is 7.64. The topological polar surface area (TPSA) is 51.9 Å². The third-order valence-electron chi connectivity index (χ3n) is 5.02. The first-order valence-corrected chi connectivity index (χ1v) is 8.21. The summed E-state index contributed by atoms with van der Waals surface area (Å²) in [5, 5.41) is 0.874. The Hall–Kier alpha value is -1.85. The molecule has 0 aliphatic carbocycles. The molecule has 2 aliphatic rings. The average molecular weight is 315 g/mol. The van der Waals surface area contributed by atoms with Gasteiger partial charge in [0.2, 0.25) is 0 Å². The Morgan fingerprint density at radius 1 is 1.26 bits per heavy atom. The second-order valence-corrected chi connectivity index (χ2v) is 6.45. The number of hydrogen-bond donors (Lipinski definition) is 0. The number of benzene rings is 1. The van der Waals surface area contributed by atoms with E-state index in [4.69, 9.17) is 13.9 Å². The van der Waals surface area contributed by atoms with Gasteiger partial charge >= 0.3 is 0 Å². The maximum atomic E-state index is 12.9. The molecule has 5 heteroatoms. The van der Waals surface area contributed by atoms with Gasteiger partial charge in [-0.15, -0.1) is 0 Å². The van der Waals surface area contributed by atoms with E-state index in [1.807, 2.05) is 36.1 Å². The summed E-state index contributed by atoms with van der Waals surface area (Å²) < 4.78 is 17.1. The lowest BCUT2D eigenvalue weighted by molar-refractivity contribution is -0.189. The van der Waals surface area contributed by atoms with Gasteiger partial charge in [-0.3, -0.25) is 4.79 Å². The predicted molar refractivity (Wildman–Crippen MR) is 85.2 cm³/mol. The molecule has 122 valence electrons. The summed E-state index contributed by atoms with van der Waals surface area (Å²) >= 11 is 0. The Kier molecular flexibility index (Phi) is 3.62. The first kappa shape index (κ1) is 14.7. The van der Waals surface area contributed by atoms with Crippen LogP contribution in [0, 0.1) is 5.92 Å². The van der Waals surface area contributed by atoms with Gasteiger partial charge in [-0.2, -0.15) is 0 Å². The molecule has 3 heterocycles. The number of amides is 1. The van der Waals surface area contributed by atoms with Gasteiger partial charge in [-0.25, -0.2) is 0 Å². The number of carbonyl (C=O) groups excluding carboxylic acids is 1. The lowest BCUT2D eigenvalue weighted by Crippen LogP contribution is -2.48. The highest BCUT2D eigenvalue weighted by Crippen LogP contribution is 2.35. The first-order valence-electron chi connectivity index (χ1n) is 8.21. The van der Waals surface area contributed by atoms with Gasteiger partial charge in [0, 0.05) is 24.4 Å². The largest absolute Gasteiger partial charge is 0.463 e. The van der Waals surface area contributed by atoms with E-state index in [-0.39, 0.29) is 11.8 Å². The highest BCUT2D eigenvalue weighted by Gasteiger charge is 2.42. The smallest absolute Gasteiger partial charge is 0.257 e. The third-order valence-corrected chi connectivity index (χ3v) is 5.02. The number of hydrogen-bond acceptors (Lipinski definition) is 4. The van der Waals surface area contributed by atoms with Crippen molar-refractivity contribution < 1.29 is 18.7 Å². The minimum absolute atomic E-state index is 0.0289. The van der Waals surface area contributed by atoms with Crippen molar-refractivity contribution in [2.45, 2.75) is 25.6 Å². The van der Waals surface area contributed by atoms with Gasteiger partial charge < -0.3 is 18.8 Å². The molecular weight excluding hydrogens is 294 g/mol. The van der Waals surface area contributed by atoms with Crippen LogP contribution in [-0.2, 0) is 9.47 Å². The Morgan fingerprint density at radius 2 is 2.04 bits per heavy atom. The monoisotopic (exact) mass is 315 g/mol. The van der Waals surface area contributed by atoms with Crippen molar-refractivity contribution in [1.82, 2.24) is 4.90 Å². The number of fused-ring (bicyclic) bond motifs is 1. The average Bonchev–Trinajstić information content (AvgIpc) is 3.21. The Labute approximate surface area is 135 Å². The molecule has 4 rings (SSSR count). The fraction of sp³-hybridized carbons (Fsp3) is 0.500. The Bertz CT molecular complexity index is 717. The van der Waals surface area contributed by atoms with Gasteiger partial charge in [-0.1, -0.05) is 18.2 Å². The predicted octanol–water partition coefficient (Wildman–Crippen LogP) is 3.05.